The SMILES string of the molecule is CC[NH+]1C/C(=C/c2cc(OC)cc(OC)c2)C(=O)/C(=C/c2cc(OC)cc(OC)c2)C1. The fourth-order valence-corrected chi connectivity index (χ4v) is 3.68. The molecule has 0 aliphatic carbocycles. The van der Waals surface area contributed by atoms with Gasteiger partial charge in [-0.1, -0.05) is 0 Å². The molecule has 31 heavy (non-hydrogen) atoms. The summed E-state index contributed by atoms with van der Waals surface area (Å²) in [6, 6.07) is 11.2. The molecule has 0 spiro atoms. The van der Waals surface area contributed by atoms with Crippen LogP contribution in [0.4, 0.5) is 0 Å². The molecule has 0 bridgehead atoms. The molecule has 0 amide bonds. The molecule has 2 aromatic carbocycles. The minimum Gasteiger partial charge on any atom is -0.497 e. The molecule has 1 aliphatic heterocycles. The third kappa shape index (κ3) is 5.47. The highest BCUT2D eigenvalue weighted by atomic mass is 16.5. The monoisotopic (exact) mass is 424 g/mol. The van der Waals surface area contributed by atoms with Gasteiger partial charge in [0.15, 0.2) is 5.78 Å². The van der Waals surface area contributed by atoms with Crippen LogP contribution in [0.15, 0.2) is 47.5 Å². The van der Waals surface area contributed by atoms with Crippen molar-refractivity contribution in [3.8, 4) is 23.0 Å². The molecular formula is C25H30NO5+. The van der Waals surface area contributed by atoms with E-state index in [9.17, 15) is 4.79 Å². The van der Waals surface area contributed by atoms with E-state index >= 15 is 0 Å². The summed E-state index contributed by atoms with van der Waals surface area (Å²) in [7, 11) is 6.46. The fourth-order valence-electron chi connectivity index (χ4n) is 3.68. The van der Waals surface area contributed by atoms with Crippen molar-refractivity contribution in [1.82, 2.24) is 0 Å². The molecule has 0 saturated carbocycles. The van der Waals surface area contributed by atoms with Gasteiger partial charge < -0.3 is 23.8 Å². The number of methoxy groups -OCH3 is 4. The second kappa shape index (κ2) is 10.2. The zero-order valence-corrected chi connectivity index (χ0v) is 18.8. The Hall–Kier alpha value is -3.25. The number of piperidine rings is 1. The van der Waals surface area contributed by atoms with Crippen molar-refractivity contribution in [2.45, 2.75) is 6.92 Å². The second-order valence-corrected chi connectivity index (χ2v) is 7.42. The normalized spacial score (nSPS) is 18.9. The zero-order chi connectivity index (χ0) is 22.4. The summed E-state index contributed by atoms with van der Waals surface area (Å²) in [5, 5.41) is 0. The lowest BCUT2D eigenvalue weighted by Crippen LogP contribution is -3.13. The number of rotatable bonds is 7. The standard InChI is InChI=1S/C25H29NO5/c1-6-26-15-19(7-17-9-21(28-2)13-22(10-17)29-3)25(27)20(16-26)8-18-11-23(30-4)14-24(12-18)31-5/h7-14H,6,15-16H2,1-5H3/p+1/b19-7-,20-8+. The summed E-state index contributed by atoms with van der Waals surface area (Å²) in [4.78, 5) is 14.7. The van der Waals surface area contributed by atoms with Gasteiger partial charge in [0.2, 0.25) is 0 Å². The molecule has 0 radical (unpaired) electrons. The molecule has 6 nitrogen and oxygen atoms in total. The van der Waals surface area contributed by atoms with Crippen molar-refractivity contribution < 1.29 is 28.6 Å². The second-order valence-electron chi connectivity index (χ2n) is 7.42. The van der Waals surface area contributed by atoms with Crippen LogP contribution in [-0.4, -0.2) is 53.9 Å². The number of ketones is 1. The van der Waals surface area contributed by atoms with Crippen LogP contribution < -0.4 is 23.8 Å². The summed E-state index contributed by atoms with van der Waals surface area (Å²) in [6.07, 6.45) is 3.87. The van der Waals surface area contributed by atoms with Crippen LogP contribution in [0, 0.1) is 0 Å². The molecule has 1 unspecified atom stereocenters. The summed E-state index contributed by atoms with van der Waals surface area (Å²) in [6.45, 7) is 4.40. The van der Waals surface area contributed by atoms with Crippen LogP contribution in [0.1, 0.15) is 18.1 Å². The highest BCUT2D eigenvalue weighted by Gasteiger charge is 2.28. The molecule has 1 heterocycles. The van der Waals surface area contributed by atoms with Gasteiger partial charge in [0.05, 0.1) is 46.1 Å². The molecular weight excluding hydrogens is 394 g/mol. The van der Waals surface area contributed by atoms with Gasteiger partial charge in [-0.15, -0.1) is 0 Å². The van der Waals surface area contributed by atoms with Gasteiger partial charge in [-0.05, 0) is 54.5 Å². The lowest BCUT2D eigenvalue weighted by Gasteiger charge is -2.26. The van der Waals surface area contributed by atoms with Crippen molar-refractivity contribution >= 4 is 17.9 Å². The Morgan fingerprint density at radius 1 is 0.710 bits per heavy atom. The van der Waals surface area contributed by atoms with Crippen molar-refractivity contribution in [3.63, 3.8) is 0 Å². The number of hydrogen-bond donors (Lipinski definition) is 1. The average Bonchev–Trinajstić information content (AvgIpc) is 2.80. The number of nitrogens with one attached hydrogen (secondary N) is 1. The molecule has 6 heteroatoms. The van der Waals surface area contributed by atoms with Crippen LogP contribution in [-0.2, 0) is 4.79 Å². The molecule has 2 aromatic rings. The van der Waals surface area contributed by atoms with Gasteiger partial charge in [-0.25, -0.2) is 0 Å². The predicted octanol–water partition coefficient (Wildman–Crippen LogP) is 2.68. The molecule has 1 saturated heterocycles. The maximum atomic E-state index is 13.3. The molecule has 1 fully saturated rings. The van der Waals surface area contributed by atoms with E-state index in [-0.39, 0.29) is 5.78 Å². The van der Waals surface area contributed by atoms with E-state index in [1.165, 1.54) is 4.90 Å². The summed E-state index contributed by atoms with van der Waals surface area (Å²) < 4.78 is 21.5. The van der Waals surface area contributed by atoms with E-state index < -0.39 is 0 Å². The third-order valence-electron chi connectivity index (χ3n) is 5.39. The number of carbonyl (C=O) groups excluding carboxylic acids is 1. The Morgan fingerprint density at radius 2 is 1.06 bits per heavy atom. The third-order valence-corrected chi connectivity index (χ3v) is 5.39. The molecule has 0 aromatic heterocycles. The predicted molar refractivity (Wildman–Crippen MR) is 121 cm³/mol. The first-order valence-electron chi connectivity index (χ1n) is 10.2. The first-order chi connectivity index (χ1) is 15.0. The largest absolute Gasteiger partial charge is 0.497 e. The van der Waals surface area contributed by atoms with Gasteiger partial charge in [-0.2, -0.15) is 0 Å². The van der Waals surface area contributed by atoms with Gasteiger partial charge >= 0.3 is 0 Å². The van der Waals surface area contributed by atoms with Crippen LogP contribution in [0.25, 0.3) is 12.2 Å². The lowest BCUT2D eigenvalue weighted by molar-refractivity contribution is -0.889. The van der Waals surface area contributed by atoms with Crippen molar-refractivity contribution in [2.24, 2.45) is 0 Å². The quantitative estimate of drug-likeness (QED) is 0.693. The minimum atomic E-state index is 0.0563. The van der Waals surface area contributed by atoms with E-state index in [0.717, 1.165) is 28.8 Å². The van der Waals surface area contributed by atoms with E-state index in [4.69, 9.17) is 18.9 Å². The van der Waals surface area contributed by atoms with Crippen molar-refractivity contribution in [3.05, 3.63) is 58.7 Å². The maximum absolute atomic E-state index is 13.3. The topological polar surface area (TPSA) is 58.4 Å². The number of likely N-dealkylation sites (tertiary alicyclic amines) is 1. The molecule has 1 aliphatic rings. The first-order valence-corrected chi connectivity index (χ1v) is 10.2. The average molecular weight is 425 g/mol. The minimum absolute atomic E-state index is 0.0563. The number of Topliss-reactive ketones (excluding diaryl/α,β-unsaturated/α-hetero) is 1. The van der Waals surface area contributed by atoms with Crippen molar-refractivity contribution in [2.75, 3.05) is 48.1 Å². The van der Waals surface area contributed by atoms with Gasteiger partial charge in [0.25, 0.3) is 0 Å². The number of benzene rings is 2. The number of quaternary nitrogens is 1. The van der Waals surface area contributed by atoms with Crippen molar-refractivity contribution in [1.29, 1.82) is 0 Å². The fraction of sp³-hybridized carbons (Fsp3) is 0.320. The summed E-state index contributed by atoms with van der Waals surface area (Å²) >= 11 is 0. The number of likely N-dealkylation sites (N-methyl/N-ethyl adjacent to an activating group) is 1. The Bertz CT molecular complexity index is 887. The van der Waals surface area contributed by atoms with Crippen LogP contribution in [0.3, 0.4) is 0 Å². The van der Waals surface area contributed by atoms with E-state index in [1.807, 2.05) is 48.6 Å². The molecule has 1 N–H and O–H groups in total. The van der Waals surface area contributed by atoms with E-state index in [1.54, 1.807) is 28.4 Å². The van der Waals surface area contributed by atoms with Gasteiger partial charge in [-0.3, -0.25) is 4.79 Å². The van der Waals surface area contributed by atoms with Gasteiger partial charge in [0.1, 0.15) is 36.1 Å². The first kappa shape index (κ1) is 22.4. The molecule has 1 atom stereocenters. The summed E-state index contributed by atoms with van der Waals surface area (Å²) in [5.74, 6) is 2.81. The van der Waals surface area contributed by atoms with Crippen LogP contribution in [0.2, 0.25) is 0 Å². The summed E-state index contributed by atoms with van der Waals surface area (Å²) in [5.41, 5.74) is 3.28. The number of hydrogen-bond acceptors (Lipinski definition) is 5. The van der Waals surface area contributed by atoms with E-state index in [2.05, 4.69) is 6.92 Å². The highest BCUT2D eigenvalue weighted by Crippen LogP contribution is 2.27. The van der Waals surface area contributed by atoms with Gasteiger partial charge in [0, 0.05) is 12.1 Å². The Kier molecular flexibility index (Phi) is 7.36. The zero-order valence-electron chi connectivity index (χ0n) is 18.8. The molecule has 3 rings (SSSR count). The smallest absolute Gasteiger partial charge is 0.196 e. The molecule has 164 valence electrons. The Morgan fingerprint density at radius 3 is 1.35 bits per heavy atom. The Labute approximate surface area is 183 Å². The Balaban J connectivity index is 2.00. The lowest BCUT2D eigenvalue weighted by atomic mass is 9.94. The number of ether oxygens (including phenoxy) is 4. The van der Waals surface area contributed by atoms with E-state index in [0.29, 0.717) is 36.1 Å². The number of carbonyl (C=O) groups is 1. The van der Waals surface area contributed by atoms with Crippen LogP contribution >= 0.6 is 0 Å². The maximum Gasteiger partial charge on any atom is 0.196 e. The highest BCUT2D eigenvalue weighted by molar-refractivity contribution is 6.14. The van der Waals surface area contributed by atoms with Crippen LogP contribution in [0.5, 0.6) is 23.0 Å².